The van der Waals surface area contributed by atoms with E-state index >= 15 is 4.39 Å². The Bertz CT molecular complexity index is 1380. The van der Waals surface area contributed by atoms with Gasteiger partial charge in [-0.25, -0.2) is 4.39 Å². The van der Waals surface area contributed by atoms with Gasteiger partial charge in [-0.3, -0.25) is 15.1 Å². The molecule has 4 nitrogen and oxygen atoms in total. The van der Waals surface area contributed by atoms with Gasteiger partial charge in [-0.15, -0.1) is 0 Å². The molecule has 1 atom stereocenters. The van der Waals surface area contributed by atoms with Gasteiger partial charge in [-0.2, -0.15) is 0 Å². The summed E-state index contributed by atoms with van der Waals surface area (Å²) in [5.41, 5.74) is 5.07. The molecular formula is C30H27FN2O2. The van der Waals surface area contributed by atoms with Crippen molar-refractivity contribution in [1.29, 1.82) is 5.41 Å². The third kappa shape index (κ3) is 3.97. The third-order valence-corrected chi connectivity index (χ3v) is 6.84. The molecule has 2 N–H and O–H groups in total. The molecule has 3 aromatic carbocycles. The number of allylic oxidation sites excluding steroid dienone is 2. The molecule has 1 heterocycles. The summed E-state index contributed by atoms with van der Waals surface area (Å²) in [5.74, 6) is -1.47. The molecule has 0 radical (unpaired) electrons. The summed E-state index contributed by atoms with van der Waals surface area (Å²) >= 11 is 0. The maximum atomic E-state index is 15.2. The Morgan fingerprint density at radius 1 is 0.943 bits per heavy atom. The van der Waals surface area contributed by atoms with Crippen molar-refractivity contribution in [2.24, 2.45) is 0 Å². The van der Waals surface area contributed by atoms with Crippen molar-refractivity contribution >= 4 is 23.1 Å². The number of aliphatic hydroxyl groups excluding tert-OH is 1. The lowest BCUT2D eigenvalue weighted by Crippen LogP contribution is -2.42. The number of anilines is 1. The van der Waals surface area contributed by atoms with Crippen LogP contribution in [0.15, 0.2) is 89.6 Å². The lowest BCUT2D eigenvalue weighted by atomic mass is 9.73. The molecule has 176 valence electrons. The molecule has 0 amide bonds. The highest BCUT2D eigenvalue weighted by atomic mass is 19.1. The first kappa shape index (κ1) is 22.8. The van der Waals surface area contributed by atoms with Gasteiger partial charge in [-0.1, -0.05) is 65.7 Å². The fourth-order valence-electron chi connectivity index (χ4n) is 5.06. The second-order valence-corrected chi connectivity index (χ2v) is 9.24. The highest BCUT2D eigenvalue weighted by Crippen LogP contribution is 2.48. The number of hydrogen-bond acceptors (Lipinski definition) is 3. The van der Waals surface area contributed by atoms with Crippen molar-refractivity contribution in [1.82, 2.24) is 0 Å². The minimum atomic E-state index is -0.866. The lowest BCUT2D eigenvalue weighted by molar-refractivity contribution is -0.116. The van der Waals surface area contributed by atoms with Crippen LogP contribution in [-0.4, -0.2) is 16.7 Å². The number of hydrogen-bond donors (Lipinski definition) is 2. The maximum absolute atomic E-state index is 15.2. The minimum Gasteiger partial charge on any atom is -0.507 e. The predicted molar refractivity (Wildman–Crippen MR) is 137 cm³/mol. The molecule has 0 saturated heterocycles. The van der Waals surface area contributed by atoms with Crippen molar-refractivity contribution in [3.63, 3.8) is 0 Å². The van der Waals surface area contributed by atoms with E-state index in [1.54, 1.807) is 35.2 Å². The molecule has 1 aliphatic heterocycles. The number of ketones is 1. The first-order valence-corrected chi connectivity index (χ1v) is 11.8. The highest BCUT2D eigenvalue weighted by molar-refractivity contribution is 6.19. The van der Waals surface area contributed by atoms with Gasteiger partial charge in [0.1, 0.15) is 17.4 Å². The standard InChI is InChI=1S/C30H27FN2O2/c1-18-10-14-20(15-11-18)29(35)28-26(22-6-3-4-7-23(22)31)27-24(8-5-9-25(27)34)33(30(28)32)21-16-12-19(2)13-17-21/h3-4,6-7,10-17,26,32,35H,5,8-9H2,1-2H3/b29-28+,32-30?. The largest absolute Gasteiger partial charge is 0.507 e. The molecule has 0 aromatic heterocycles. The van der Waals surface area contributed by atoms with Gasteiger partial charge in [-0.05, 0) is 44.9 Å². The molecule has 35 heavy (non-hydrogen) atoms. The van der Waals surface area contributed by atoms with Gasteiger partial charge in [0, 0.05) is 46.0 Å². The van der Waals surface area contributed by atoms with Crippen molar-refractivity contribution < 1.29 is 14.3 Å². The van der Waals surface area contributed by atoms with E-state index in [0.717, 1.165) is 16.8 Å². The summed E-state index contributed by atoms with van der Waals surface area (Å²) in [6, 6.07) is 21.4. The lowest BCUT2D eigenvalue weighted by Gasteiger charge is -2.41. The molecule has 0 spiro atoms. The van der Waals surface area contributed by atoms with Crippen LogP contribution in [0.2, 0.25) is 0 Å². The quantitative estimate of drug-likeness (QED) is 0.409. The van der Waals surface area contributed by atoms with E-state index in [-0.39, 0.29) is 28.5 Å². The molecule has 0 fully saturated rings. The Kier molecular flexibility index (Phi) is 5.85. The smallest absolute Gasteiger partial charge is 0.161 e. The molecule has 5 heteroatoms. The van der Waals surface area contributed by atoms with Crippen molar-refractivity contribution in [3.8, 4) is 0 Å². The van der Waals surface area contributed by atoms with E-state index in [1.807, 2.05) is 50.2 Å². The van der Waals surface area contributed by atoms with E-state index in [4.69, 9.17) is 0 Å². The third-order valence-electron chi connectivity index (χ3n) is 6.84. The van der Waals surface area contributed by atoms with Crippen LogP contribution in [0.1, 0.15) is 47.4 Å². The number of nitrogens with one attached hydrogen (secondary N) is 1. The summed E-state index contributed by atoms with van der Waals surface area (Å²) in [6.07, 6.45) is 1.62. The normalized spacial score (nSPS) is 19.6. The van der Waals surface area contributed by atoms with Crippen LogP contribution in [0.4, 0.5) is 10.1 Å². The highest BCUT2D eigenvalue weighted by Gasteiger charge is 2.44. The number of amidine groups is 1. The van der Waals surface area contributed by atoms with E-state index in [0.29, 0.717) is 36.1 Å². The van der Waals surface area contributed by atoms with Crippen molar-refractivity contribution in [2.75, 3.05) is 4.90 Å². The maximum Gasteiger partial charge on any atom is 0.161 e. The number of aryl methyl sites for hydroxylation is 2. The molecule has 0 bridgehead atoms. The van der Waals surface area contributed by atoms with Crippen LogP contribution in [0.25, 0.3) is 5.76 Å². The Hall–Kier alpha value is -3.99. The zero-order valence-electron chi connectivity index (χ0n) is 19.8. The van der Waals surface area contributed by atoms with Gasteiger partial charge in [0.25, 0.3) is 0 Å². The minimum absolute atomic E-state index is 0.0497. The number of carbonyl (C=O) groups excluding carboxylic acids is 1. The fourth-order valence-corrected chi connectivity index (χ4v) is 5.06. The van der Waals surface area contributed by atoms with Crippen LogP contribution in [-0.2, 0) is 4.79 Å². The Balaban J connectivity index is 1.84. The van der Waals surface area contributed by atoms with E-state index in [9.17, 15) is 15.3 Å². The summed E-state index contributed by atoms with van der Waals surface area (Å²) in [6.45, 7) is 3.94. The molecule has 1 unspecified atom stereocenters. The Morgan fingerprint density at radius 3 is 2.23 bits per heavy atom. The molecule has 2 aliphatic rings. The van der Waals surface area contributed by atoms with Crippen LogP contribution in [0, 0.1) is 25.1 Å². The first-order chi connectivity index (χ1) is 16.9. The van der Waals surface area contributed by atoms with E-state index in [2.05, 4.69) is 0 Å². The van der Waals surface area contributed by atoms with Crippen molar-refractivity contribution in [2.45, 2.75) is 39.0 Å². The zero-order chi connectivity index (χ0) is 24.7. The first-order valence-electron chi connectivity index (χ1n) is 11.8. The Morgan fingerprint density at radius 2 is 1.57 bits per heavy atom. The summed E-state index contributed by atoms with van der Waals surface area (Å²) in [5, 5.41) is 20.9. The van der Waals surface area contributed by atoms with Crippen LogP contribution < -0.4 is 4.90 Å². The summed E-state index contributed by atoms with van der Waals surface area (Å²) < 4.78 is 15.2. The monoisotopic (exact) mass is 466 g/mol. The average molecular weight is 467 g/mol. The molecule has 3 aromatic rings. The molecule has 1 aliphatic carbocycles. The molecule has 0 saturated carbocycles. The number of aliphatic hydroxyl groups is 1. The Labute approximate surface area is 204 Å². The molecular weight excluding hydrogens is 439 g/mol. The second kappa shape index (κ2) is 8.99. The fraction of sp³-hybridized carbons (Fsp3) is 0.200. The summed E-state index contributed by atoms with van der Waals surface area (Å²) in [7, 11) is 0. The van der Waals surface area contributed by atoms with Crippen LogP contribution >= 0.6 is 0 Å². The van der Waals surface area contributed by atoms with Gasteiger partial charge in [0.2, 0.25) is 0 Å². The van der Waals surface area contributed by atoms with Gasteiger partial charge < -0.3 is 5.11 Å². The van der Waals surface area contributed by atoms with Crippen LogP contribution in [0.5, 0.6) is 0 Å². The SMILES string of the molecule is Cc1ccc(/C(O)=C2\C(=N)N(c3ccc(C)cc3)C3=C(C(=O)CCC3)C2c2ccccc2F)cc1. The predicted octanol–water partition coefficient (Wildman–Crippen LogP) is 7.00. The van der Waals surface area contributed by atoms with Crippen molar-refractivity contribution in [3.05, 3.63) is 118 Å². The van der Waals surface area contributed by atoms with E-state index in [1.165, 1.54) is 6.07 Å². The number of nitrogens with zero attached hydrogens (tertiary/aromatic N) is 1. The number of halogens is 1. The van der Waals surface area contributed by atoms with Gasteiger partial charge in [0.05, 0.1) is 0 Å². The van der Waals surface area contributed by atoms with E-state index < -0.39 is 11.7 Å². The van der Waals surface area contributed by atoms with Gasteiger partial charge in [0.15, 0.2) is 5.78 Å². The molecule has 5 rings (SSSR count). The number of rotatable bonds is 3. The van der Waals surface area contributed by atoms with Gasteiger partial charge >= 0.3 is 0 Å². The number of benzene rings is 3. The second-order valence-electron chi connectivity index (χ2n) is 9.24. The average Bonchev–Trinajstić information content (AvgIpc) is 2.85. The summed E-state index contributed by atoms with van der Waals surface area (Å²) in [4.78, 5) is 15.2. The number of Topliss-reactive ketones (excluding diaryl/α,β-unsaturated/α-hetero) is 1. The zero-order valence-corrected chi connectivity index (χ0v) is 19.8. The number of carbonyl (C=O) groups is 1. The topological polar surface area (TPSA) is 64.4 Å². The van der Waals surface area contributed by atoms with Crippen LogP contribution in [0.3, 0.4) is 0 Å².